The van der Waals surface area contributed by atoms with E-state index in [9.17, 15) is 4.79 Å². The topological polar surface area (TPSA) is 55.6 Å². The molecule has 4 nitrogen and oxygen atoms in total. The van der Waals surface area contributed by atoms with Gasteiger partial charge >= 0.3 is 0 Å². The first-order valence-electron chi connectivity index (χ1n) is 9.90. The van der Waals surface area contributed by atoms with E-state index in [1.807, 2.05) is 18.2 Å². The van der Waals surface area contributed by atoms with E-state index in [1.54, 1.807) is 0 Å². The summed E-state index contributed by atoms with van der Waals surface area (Å²) >= 11 is 0. The summed E-state index contributed by atoms with van der Waals surface area (Å²) in [4.78, 5) is 14.4. The molecule has 3 fully saturated rings. The van der Waals surface area contributed by atoms with Gasteiger partial charge in [0.2, 0.25) is 5.91 Å². The summed E-state index contributed by atoms with van der Waals surface area (Å²) in [6, 6.07) is 7.90. The summed E-state index contributed by atoms with van der Waals surface area (Å²) in [6.07, 6.45) is 6.51. The molecule has 1 aromatic rings. The number of benzene rings is 1. The highest BCUT2D eigenvalue weighted by atomic mass is 35.5. The highest BCUT2D eigenvalue weighted by Gasteiger charge is 2.53. The number of amides is 1. The fourth-order valence-corrected chi connectivity index (χ4v) is 5.28. The van der Waals surface area contributed by atoms with Gasteiger partial charge in [-0.15, -0.1) is 12.4 Å². The number of halogens is 1. The lowest BCUT2D eigenvalue weighted by Gasteiger charge is -2.56. The average Bonchev–Trinajstić information content (AvgIpc) is 3.40. The third-order valence-electron chi connectivity index (χ3n) is 6.47. The number of likely N-dealkylation sites (tertiary alicyclic amines) is 1. The number of carbonyl (C=O) groups excluding carboxylic acids is 1. The predicted molar refractivity (Wildman–Crippen MR) is 106 cm³/mol. The molecule has 2 bridgehead atoms. The molecule has 2 N–H and O–H groups in total. The second-order valence-corrected chi connectivity index (χ2v) is 8.16. The van der Waals surface area contributed by atoms with Crippen LogP contribution >= 0.6 is 12.4 Å². The Labute approximate surface area is 162 Å². The molecule has 144 valence electrons. The van der Waals surface area contributed by atoms with Crippen molar-refractivity contribution in [3.8, 4) is 0 Å². The van der Waals surface area contributed by atoms with Crippen molar-refractivity contribution in [3.05, 3.63) is 35.4 Å². The molecule has 3 aliphatic rings. The number of hydrogen-bond donors (Lipinski definition) is 1. The summed E-state index contributed by atoms with van der Waals surface area (Å²) in [5.41, 5.74) is 7.04. The number of ether oxygens (including phenoxy) is 1. The third kappa shape index (κ3) is 3.51. The van der Waals surface area contributed by atoms with Gasteiger partial charge in [-0.3, -0.25) is 4.79 Å². The van der Waals surface area contributed by atoms with Crippen molar-refractivity contribution in [1.29, 1.82) is 0 Å². The number of primary amides is 1. The van der Waals surface area contributed by atoms with Crippen LogP contribution in [0, 0.1) is 17.8 Å². The molecule has 26 heavy (non-hydrogen) atoms. The van der Waals surface area contributed by atoms with Gasteiger partial charge in [0, 0.05) is 43.6 Å². The fraction of sp³-hybridized carbons (Fsp3) is 0.667. The van der Waals surface area contributed by atoms with Gasteiger partial charge in [0.25, 0.3) is 0 Å². The van der Waals surface area contributed by atoms with Gasteiger partial charge in [-0.25, -0.2) is 0 Å². The number of rotatable bonds is 6. The van der Waals surface area contributed by atoms with E-state index >= 15 is 0 Å². The molecule has 0 aromatic heterocycles. The minimum absolute atomic E-state index is 0. The zero-order valence-corrected chi connectivity index (χ0v) is 16.5. The second kappa shape index (κ2) is 7.87. The maximum atomic E-state index is 11.7. The molecule has 1 heterocycles. The molecule has 1 aliphatic heterocycles. The van der Waals surface area contributed by atoms with Crippen LogP contribution < -0.4 is 5.73 Å². The first-order valence-corrected chi connectivity index (χ1v) is 9.90. The van der Waals surface area contributed by atoms with Gasteiger partial charge in [-0.1, -0.05) is 18.6 Å². The quantitative estimate of drug-likeness (QED) is 0.823. The Morgan fingerprint density at radius 3 is 2.50 bits per heavy atom. The second-order valence-electron chi connectivity index (χ2n) is 8.16. The van der Waals surface area contributed by atoms with Crippen molar-refractivity contribution in [2.24, 2.45) is 23.5 Å². The normalized spacial score (nSPS) is 31.3. The van der Waals surface area contributed by atoms with Crippen molar-refractivity contribution in [2.75, 3.05) is 26.2 Å². The summed E-state index contributed by atoms with van der Waals surface area (Å²) in [7, 11) is 0. The minimum atomic E-state index is -0.357. The van der Waals surface area contributed by atoms with E-state index < -0.39 is 0 Å². The van der Waals surface area contributed by atoms with Crippen LogP contribution in [0.25, 0.3) is 0 Å². The first kappa shape index (κ1) is 19.7. The molecule has 1 amide bonds. The lowest BCUT2D eigenvalue weighted by Crippen LogP contribution is -2.59. The molecule has 1 saturated heterocycles. The summed E-state index contributed by atoms with van der Waals surface area (Å²) in [5, 5.41) is 0. The van der Waals surface area contributed by atoms with Crippen LogP contribution in [0.5, 0.6) is 0 Å². The Hall–Kier alpha value is -1.10. The molecule has 5 heteroatoms. The van der Waals surface area contributed by atoms with E-state index in [2.05, 4.69) is 17.9 Å². The van der Waals surface area contributed by atoms with Crippen LogP contribution in [-0.2, 0) is 10.3 Å². The number of piperidine rings is 1. The molecule has 2 saturated carbocycles. The van der Waals surface area contributed by atoms with Gasteiger partial charge in [-0.05, 0) is 56.2 Å². The van der Waals surface area contributed by atoms with Crippen LogP contribution in [-0.4, -0.2) is 37.0 Å². The summed E-state index contributed by atoms with van der Waals surface area (Å²) in [5.74, 6) is 1.58. The Kier molecular flexibility index (Phi) is 5.95. The van der Waals surface area contributed by atoms with E-state index in [1.165, 1.54) is 38.6 Å². The van der Waals surface area contributed by atoms with Crippen molar-refractivity contribution >= 4 is 18.3 Å². The lowest BCUT2D eigenvalue weighted by atomic mass is 9.62. The molecule has 2 atom stereocenters. The Morgan fingerprint density at radius 1 is 1.23 bits per heavy atom. The number of nitrogens with two attached hydrogens (primary N) is 1. The maximum absolute atomic E-state index is 11.7. The number of carbonyl (C=O) groups is 1. The molecular formula is C21H31ClN2O2. The molecule has 2 unspecified atom stereocenters. The Bertz CT molecular complexity index is 633. The summed E-state index contributed by atoms with van der Waals surface area (Å²) < 4.78 is 6.55. The lowest BCUT2D eigenvalue weighted by molar-refractivity contribution is -0.183. The van der Waals surface area contributed by atoms with E-state index in [4.69, 9.17) is 10.5 Å². The molecule has 0 radical (unpaired) electrons. The van der Waals surface area contributed by atoms with Crippen molar-refractivity contribution in [1.82, 2.24) is 4.90 Å². The van der Waals surface area contributed by atoms with E-state index in [-0.39, 0.29) is 23.9 Å². The number of hydrogen-bond acceptors (Lipinski definition) is 3. The van der Waals surface area contributed by atoms with Gasteiger partial charge in [0.1, 0.15) is 5.60 Å². The zero-order valence-electron chi connectivity index (χ0n) is 15.7. The molecule has 4 rings (SSSR count). The fourth-order valence-electron chi connectivity index (χ4n) is 5.28. The number of nitrogens with zero attached hydrogens (tertiary/aromatic N) is 1. The smallest absolute Gasteiger partial charge is 0.248 e. The first-order chi connectivity index (χ1) is 12.1. The highest BCUT2D eigenvalue weighted by molar-refractivity contribution is 5.92. The van der Waals surface area contributed by atoms with Gasteiger partial charge in [0.15, 0.2) is 0 Å². The van der Waals surface area contributed by atoms with Crippen molar-refractivity contribution < 1.29 is 9.53 Å². The van der Waals surface area contributed by atoms with Gasteiger partial charge < -0.3 is 15.4 Å². The Morgan fingerprint density at radius 2 is 1.92 bits per heavy atom. The monoisotopic (exact) mass is 378 g/mol. The largest absolute Gasteiger partial charge is 0.370 e. The van der Waals surface area contributed by atoms with E-state index in [0.717, 1.165) is 24.6 Å². The maximum Gasteiger partial charge on any atom is 0.248 e. The Balaban J connectivity index is 0.00000196. The van der Waals surface area contributed by atoms with Crippen molar-refractivity contribution in [3.63, 3.8) is 0 Å². The SMILES string of the molecule is CCOC1(c2cccc(C(N)=O)c2)C2CCCC1CN(CC1CC1)C2.Cl. The van der Waals surface area contributed by atoms with Gasteiger partial charge in [-0.2, -0.15) is 0 Å². The third-order valence-corrected chi connectivity index (χ3v) is 6.47. The predicted octanol–water partition coefficient (Wildman–Crippen LogP) is 3.58. The van der Waals surface area contributed by atoms with Gasteiger partial charge in [0.05, 0.1) is 0 Å². The minimum Gasteiger partial charge on any atom is -0.370 e. The van der Waals surface area contributed by atoms with Crippen molar-refractivity contribution in [2.45, 2.75) is 44.6 Å². The zero-order chi connectivity index (χ0) is 17.4. The standard InChI is InChI=1S/C21H30N2O2.ClH/c1-2-25-21(17-6-3-5-16(11-17)20(22)24)18-7-4-8-19(21)14-23(13-18)12-15-9-10-15;/h3,5-6,11,15,18-19H,2,4,7-10,12-14H2,1H3,(H2,22,24);1H. The van der Waals surface area contributed by atoms with Crippen LogP contribution in [0.2, 0.25) is 0 Å². The molecular weight excluding hydrogens is 348 g/mol. The molecule has 0 spiro atoms. The van der Waals surface area contributed by atoms with E-state index in [0.29, 0.717) is 24.0 Å². The molecule has 2 aliphatic carbocycles. The van der Waals surface area contributed by atoms with Crippen LogP contribution in [0.3, 0.4) is 0 Å². The highest BCUT2D eigenvalue weighted by Crippen LogP contribution is 2.52. The molecule has 1 aromatic carbocycles. The van der Waals surface area contributed by atoms with Crippen LogP contribution in [0.15, 0.2) is 24.3 Å². The summed E-state index contributed by atoms with van der Waals surface area (Å²) in [6.45, 7) is 6.29. The van der Waals surface area contributed by atoms with Crippen LogP contribution in [0.4, 0.5) is 0 Å². The van der Waals surface area contributed by atoms with Crippen LogP contribution in [0.1, 0.15) is 54.9 Å². The average molecular weight is 379 g/mol. The number of fused-ring (bicyclic) bond motifs is 2.